The van der Waals surface area contributed by atoms with Crippen molar-refractivity contribution in [2.75, 3.05) is 26.8 Å². The van der Waals surface area contributed by atoms with Gasteiger partial charge in [0.2, 0.25) is 0 Å². The number of ether oxygens (including phenoxy) is 2. The fourth-order valence-corrected chi connectivity index (χ4v) is 2.71. The number of halogens is 1. The van der Waals surface area contributed by atoms with Crippen molar-refractivity contribution in [2.24, 2.45) is 0 Å². The number of likely N-dealkylation sites (tertiary alicyclic amines) is 1. The molecule has 1 aromatic carbocycles. The normalized spacial score (nSPS) is 14.3. The number of carbonyl (C=O) groups is 2. The maximum Gasteiger partial charge on any atom is 0.331 e. The lowest BCUT2D eigenvalue weighted by Gasteiger charge is -2.14. The molecule has 1 heterocycles. The van der Waals surface area contributed by atoms with Gasteiger partial charge < -0.3 is 19.5 Å². The van der Waals surface area contributed by atoms with E-state index >= 15 is 0 Å². The van der Waals surface area contributed by atoms with Gasteiger partial charge in [-0.1, -0.05) is 0 Å². The van der Waals surface area contributed by atoms with Gasteiger partial charge in [-0.15, -0.1) is 0 Å². The maximum atomic E-state index is 11.8. The van der Waals surface area contributed by atoms with Gasteiger partial charge in [-0.3, -0.25) is 4.79 Å². The number of esters is 1. The molecule has 0 radical (unpaired) electrons. The van der Waals surface area contributed by atoms with E-state index < -0.39 is 5.97 Å². The van der Waals surface area contributed by atoms with Gasteiger partial charge >= 0.3 is 5.97 Å². The van der Waals surface area contributed by atoms with Crippen LogP contribution in [0.2, 0.25) is 0 Å². The van der Waals surface area contributed by atoms with Crippen LogP contribution in [0, 0.1) is 0 Å². The molecule has 0 atom stereocenters. The number of benzene rings is 1. The Morgan fingerprint density at radius 3 is 2.70 bits per heavy atom. The topological polar surface area (TPSA) is 76.1 Å². The zero-order valence-electron chi connectivity index (χ0n) is 12.8. The van der Waals surface area contributed by atoms with Gasteiger partial charge in [-0.25, -0.2) is 4.79 Å². The molecule has 1 saturated heterocycles. The third-order valence-electron chi connectivity index (χ3n) is 3.48. The molecule has 1 aliphatic rings. The molecule has 6 nitrogen and oxygen atoms in total. The summed E-state index contributed by atoms with van der Waals surface area (Å²) in [7, 11) is 1.44. The van der Waals surface area contributed by atoms with Crippen molar-refractivity contribution in [3.63, 3.8) is 0 Å². The fourth-order valence-electron chi connectivity index (χ4n) is 2.25. The Labute approximate surface area is 142 Å². The summed E-state index contributed by atoms with van der Waals surface area (Å²) in [4.78, 5) is 25.1. The Morgan fingerprint density at radius 1 is 1.35 bits per heavy atom. The van der Waals surface area contributed by atoms with E-state index in [1.54, 1.807) is 17.0 Å². The van der Waals surface area contributed by atoms with Crippen LogP contribution in [0.3, 0.4) is 0 Å². The molecule has 0 unspecified atom stereocenters. The highest BCUT2D eigenvalue weighted by Gasteiger charge is 2.18. The van der Waals surface area contributed by atoms with Crippen LogP contribution < -0.4 is 4.74 Å². The molecule has 0 aromatic heterocycles. The van der Waals surface area contributed by atoms with Gasteiger partial charge in [0.1, 0.15) is 0 Å². The summed E-state index contributed by atoms with van der Waals surface area (Å²) in [5.74, 6) is -0.487. The van der Waals surface area contributed by atoms with Crippen molar-refractivity contribution in [1.82, 2.24) is 4.90 Å². The van der Waals surface area contributed by atoms with Crippen LogP contribution in [-0.4, -0.2) is 48.7 Å². The smallest absolute Gasteiger partial charge is 0.331 e. The third-order valence-corrected chi connectivity index (χ3v) is 4.08. The van der Waals surface area contributed by atoms with E-state index in [1.165, 1.54) is 19.3 Å². The predicted molar refractivity (Wildman–Crippen MR) is 88.2 cm³/mol. The maximum absolute atomic E-state index is 11.8. The Morgan fingerprint density at radius 2 is 2.04 bits per heavy atom. The largest absolute Gasteiger partial charge is 0.503 e. The third kappa shape index (κ3) is 4.72. The van der Waals surface area contributed by atoms with E-state index in [-0.39, 0.29) is 24.0 Å². The second-order valence-corrected chi connectivity index (χ2v) is 5.94. The summed E-state index contributed by atoms with van der Waals surface area (Å²) in [6, 6.07) is 3.22. The lowest BCUT2D eigenvalue weighted by Crippen LogP contribution is -2.31. The van der Waals surface area contributed by atoms with Gasteiger partial charge in [0.05, 0.1) is 11.6 Å². The number of nitrogens with zero attached hydrogens (tertiary/aromatic N) is 1. The van der Waals surface area contributed by atoms with Crippen molar-refractivity contribution in [1.29, 1.82) is 0 Å². The van der Waals surface area contributed by atoms with Gasteiger partial charge in [-0.2, -0.15) is 0 Å². The summed E-state index contributed by atoms with van der Waals surface area (Å²) in [6.07, 6.45) is 4.75. The molecule has 23 heavy (non-hydrogen) atoms. The molecule has 1 N–H and O–H groups in total. The number of methoxy groups -OCH3 is 1. The van der Waals surface area contributed by atoms with Crippen LogP contribution in [0.25, 0.3) is 6.08 Å². The van der Waals surface area contributed by atoms with Gasteiger partial charge in [0.15, 0.2) is 18.1 Å². The molecule has 0 saturated carbocycles. The lowest BCUT2D eigenvalue weighted by atomic mass is 10.2. The number of rotatable bonds is 5. The minimum atomic E-state index is -0.597. The first-order chi connectivity index (χ1) is 11.0. The Kier molecular flexibility index (Phi) is 6.04. The summed E-state index contributed by atoms with van der Waals surface area (Å²) in [6.45, 7) is 1.22. The number of carbonyl (C=O) groups excluding carboxylic acids is 2. The van der Waals surface area contributed by atoms with Crippen LogP contribution >= 0.6 is 15.9 Å². The van der Waals surface area contributed by atoms with E-state index in [0.29, 0.717) is 10.0 Å². The van der Waals surface area contributed by atoms with E-state index in [2.05, 4.69) is 15.9 Å². The average Bonchev–Trinajstić information content (AvgIpc) is 3.08. The zero-order valence-corrected chi connectivity index (χ0v) is 14.3. The zero-order chi connectivity index (χ0) is 16.8. The van der Waals surface area contributed by atoms with Gasteiger partial charge in [0, 0.05) is 19.2 Å². The standard InChI is InChI=1S/C16H18BrNO5/c1-22-13-9-11(8-12(17)16(13)21)4-5-15(20)23-10-14(19)18-6-2-3-7-18/h4-5,8-9,21H,2-3,6-7,10H2,1H3/b5-4+. The van der Waals surface area contributed by atoms with Crippen LogP contribution in [-0.2, 0) is 14.3 Å². The van der Waals surface area contributed by atoms with Crippen molar-refractivity contribution < 1.29 is 24.2 Å². The number of phenols is 1. The molecule has 0 spiro atoms. The molecule has 2 rings (SSSR count). The first-order valence-electron chi connectivity index (χ1n) is 7.20. The van der Waals surface area contributed by atoms with Crippen LogP contribution in [0.1, 0.15) is 18.4 Å². The number of phenolic OH excluding ortho intramolecular Hbond substituents is 1. The SMILES string of the molecule is COc1cc(/C=C/C(=O)OCC(=O)N2CCCC2)cc(Br)c1O. The van der Waals surface area contributed by atoms with Crippen molar-refractivity contribution in [3.05, 3.63) is 28.2 Å². The highest BCUT2D eigenvalue weighted by Crippen LogP contribution is 2.35. The summed E-state index contributed by atoms with van der Waals surface area (Å²) >= 11 is 3.20. The Hall–Kier alpha value is -2.02. The van der Waals surface area contributed by atoms with E-state index in [1.807, 2.05) is 0 Å². The molecule has 1 aliphatic heterocycles. The highest BCUT2D eigenvalue weighted by atomic mass is 79.9. The van der Waals surface area contributed by atoms with Crippen molar-refractivity contribution in [2.45, 2.75) is 12.8 Å². The quantitative estimate of drug-likeness (QED) is 0.623. The van der Waals surface area contributed by atoms with Crippen molar-refractivity contribution in [3.8, 4) is 11.5 Å². The number of hydrogen-bond donors (Lipinski definition) is 1. The second kappa shape index (κ2) is 8.01. The van der Waals surface area contributed by atoms with Gasteiger partial charge in [-0.05, 0) is 52.5 Å². The highest BCUT2D eigenvalue weighted by molar-refractivity contribution is 9.10. The minimum absolute atomic E-state index is 0.0107. The summed E-state index contributed by atoms with van der Waals surface area (Å²) in [5.41, 5.74) is 0.648. The van der Waals surface area contributed by atoms with Crippen LogP contribution in [0.5, 0.6) is 11.5 Å². The number of hydrogen-bond acceptors (Lipinski definition) is 5. The van der Waals surface area contributed by atoms with Crippen LogP contribution in [0.4, 0.5) is 0 Å². The first-order valence-corrected chi connectivity index (χ1v) is 7.99. The molecular weight excluding hydrogens is 366 g/mol. The predicted octanol–water partition coefficient (Wildman–Crippen LogP) is 2.34. The fraction of sp³-hybridized carbons (Fsp3) is 0.375. The van der Waals surface area contributed by atoms with Gasteiger partial charge in [0.25, 0.3) is 5.91 Å². The summed E-state index contributed by atoms with van der Waals surface area (Å²) < 4.78 is 10.4. The second-order valence-electron chi connectivity index (χ2n) is 5.08. The molecule has 1 amide bonds. The number of aromatic hydroxyl groups is 1. The molecular formula is C16H18BrNO5. The summed E-state index contributed by atoms with van der Waals surface area (Å²) in [5, 5.41) is 9.72. The van der Waals surface area contributed by atoms with E-state index in [4.69, 9.17) is 9.47 Å². The molecule has 0 bridgehead atoms. The Balaban J connectivity index is 1.90. The molecule has 1 fully saturated rings. The number of amides is 1. The molecule has 1 aromatic rings. The average molecular weight is 384 g/mol. The van der Waals surface area contributed by atoms with E-state index in [9.17, 15) is 14.7 Å². The lowest BCUT2D eigenvalue weighted by molar-refractivity contribution is -0.147. The molecule has 7 heteroatoms. The monoisotopic (exact) mass is 383 g/mol. The van der Waals surface area contributed by atoms with E-state index in [0.717, 1.165) is 25.9 Å². The van der Waals surface area contributed by atoms with Crippen molar-refractivity contribution >= 4 is 33.9 Å². The first kappa shape index (κ1) is 17.3. The van der Waals surface area contributed by atoms with Crippen LogP contribution in [0.15, 0.2) is 22.7 Å². The molecule has 0 aliphatic carbocycles. The Bertz CT molecular complexity index is 623. The minimum Gasteiger partial charge on any atom is -0.503 e. The molecule has 124 valence electrons.